The molecule has 7 heteroatoms. The lowest BCUT2D eigenvalue weighted by Gasteiger charge is -2.13. The number of nitrogens with one attached hydrogen (secondary N) is 2. The van der Waals surface area contributed by atoms with Crippen molar-refractivity contribution in [3.8, 4) is 11.4 Å². The molecule has 2 N–H and O–H groups in total. The van der Waals surface area contributed by atoms with E-state index in [4.69, 9.17) is 4.74 Å². The number of aryl methyl sites for hydroxylation is 1. The van der Waals surface area contributed by atoms with Crippen LogP contribution in [0, 0.1) is 13.8 Å². The Kier molecular flexibility index (Phi) is 5.61. The van der Waals surface area contributed by atoms with Crippen LogP contribution in [-0.2, 0) is 4.74 Å². The van der Waals surface area contributed by atoms with Gasteiger partial charge in [-0.3, -0.25) is 10.3 Å². The number of pyridine rings is 1. The maximum atomic E-state index is 11.5. The zero-order valence-corrected chi connectivity index (χ0v) is 15.5. The molecule has 0 saturated carbocycles. The number of carbonyl (C=O) groups excluding carboxylic acids is 1. The summed E-state index contributed by atoms with van der Waals surface area (Å²) in [6.45, 7) is 6.03. The van der Waals surface area contributed by atoms with E-state index in [2.05, 4.69) is 25.6 Å². The van der Waals surface area contributed by atoms with E-state index in [0.717, 1.165) is 28.3 Å². The van der Waals surface area contributed by atoms with Gasteiger partial charge in [0.15, 0.2) is 5.82 Å². The fourth-order valence-electron chi connectivity index (χ4n) is 2.44. The number of carbonyl (C=O) groups is 1. The molecule has 138 valence electrons. The van der Waals surface area contributed by atoms with Gasteiger partial charge in [-0.1, -0.05) is 0 Å². The smallest absolute Gasteiger partial charge is 0.411 e. The molecule has 0 fully saturated rings. The van der Waals surface area contributed by atoms with Crippen LogP contribution in [0.2, 0.25) is 0 Å². The topological polar surface area (TPSA) is 89.0 Å². The minimum Gasteiger partial charge on any atom is -0.450 e. The molecule has 0 bridgehead atoms. The van der Waals surface area contributed by atoms with Crippen LogP contribution in [-0.4, -0.2) is 27.7 Å². The third kappa shape index (κ3) is 4.58. The molecule has 0 saturated heterocycles. The number of benzene rings is 1. The number of aromatic nitrogens is 3. The molecule has 0 spiro atoms. The first-order chi connectivity index (χ1) is 13.1. The molecule has 0 aliphatic carbocycles. The monoisotopic (exact) mass is 363 g/mol. The van der Waals surface area contributed by atoms with Gasteiger partial charge in [0.05, 0.1) is 6.61 Å². The molecule has 0 radical (unpaired) electrons. The van der Waals surface area contributed by atoms with Crippen LogP contribution < -0.4 is 10.6 Å². The first-order valence-corrected chi connectivity index (χ1v) is 8.63. The zero-order valence-electron chi connectivity index (χ0n) is 15.5. The summed E-state index contributed by atoms with van der Waals surface area (Å²) in [5, 5.41) is 5.98. The molecule has 0 atom stereocenters. The average Bonchev–Trinajstić information content (AvgIpc) is 2.67. The van der Waals surface area contributed by atoms with Gasteiger partial charge in [-0.25, -0.2) is 14.8 Å². The molecule has 1 aromatic carbocycles. The van der Waals surface area contributed by atoms with Crippen LogP contribution in [0.1, 0.15) is 18.2 Å². The summed E-state index contributed by atoms with van der Waals surface area (Å²) in [5.41, 5.74) is 4.30. The molecule has 2 heterocycles. The van der Waals surface area contributed by atoms with Crippen molar-refractivity contribution < 1.29 is 9.53 Å². The fourth-order valence-corrected chi connectivity index (χ4v) is 2.44. The number of hydrogen-bond acceptors (Lipinski definition) is 6. The molecule has 0 aliphatic heterocycles. The maximum Gasteiger partial charge on any atom is 0.411 e. The van der Waals surface area contributed by atoms with Crippen molar-refractivity contribution in [2.24, 2.45) is 0 Å². The maximum absolute atomic E-state index is 11.5. The third-order valence-electron chi connectivity index (χ3n) is 4.00. The van der Waals surface area contributed by atoms with Gasteiger partial charge in [0, 0.05) is 40.6 Å². The van der Waals surface area contributed by atoms with Gasteiger partial charge in [0.2, 0.25) is 0 Å². The second kappa shape index (κ2) is 8.27. The van der Waals surface area contributed by atoms with Gasteiger partial charge >= 0.3 is 6.09 Å². The van der Waals surface area contributed by atoms with Crippen molar-refractivity contribution in [2.45, 2.75) is 20.8 Å². The van der Waals surface area contributed by atoms with Gasteiger partial charge in [-0.2, -0.15) is 0 Å². The molecule has 27 heavy (non-hydrogen) atoms. The summed E-state index contributed by atoms with van der Waals surface area (Å²) >= 11 is 0. The first-order valence-electron chi connectivity index (χ1n) is 8.63. The summed E-state index contributed by atoms with van der Waals surface area (Å²) in [5.74, 6) is 1.38. The SMILES string of the molecule is CCOC(=O)Nc1ccc(Nc2nc(-c3ccncc3)nc(C)c2C)cc1. The van der Waals surface area contributed by atoms with Crippen molar-refractivity contribution in [2.75, 3.05) is 17.2 Å². The van der Waals surface area contributed by atoms with E-state index < -0.39 is 6.09 Å². The second-order valence-electron chi connectivity index (χ2n) is 5.89. The highest BCUT2D eigenvalue weighted by molar-refractivity contribution is 5.85. The lowest BCUT2D eigenvalue weighted by atomic mass is 10.2. The first kappa shape index (κ1) is 18.3. The molecule has 3 rings (SSSR count). The van der Waals surface area contributed by atoms with Crippen molar-refractivity contribution >= 4 is 23.3 Å². The van der Waals surface area contributed by atoms with Crippen LogP contribution in [0.4, 0.5) is 22.0 Å². The van der Waals surface area contributed by atoms with E-state index in [1.54, 1.807) is 31.5 Å². The lowest BCUT2D eigenvalue weighted by Crippen LogP contribution is -2.13. The Hall–Kier alpha value is -3.48. The van der Waals surface area contributed by atoms with Crippen molar-refractivity contribution in [1.29, 1.82) is 0 Å². The highest BCUT2D eigenvalue weighted by Crippen LogP contribution is 2.25. The Morgan fingerprint density at radius 2 is 1.67 bits per heavy atom. The molecule has 0 aliphatic rings. The predicted octanol–water partition coefficient (Wildman–Crippen LogP) is 4.47. The third-order valence-corrected chi connectivity index (χ3v) is 4.00. The fraction of sp³-hybridized carbons (Fsp3) is 0.200. The molecule has 1 amide bonds. The predicted molar refractivity (Wildman–Crippen MR) is 105 cm³/mol. The quantitative estimate of drug-likeness (QED) is 0.695. The van der Waals surface area contributed by atoms with Gasteiger partial charge < -0.3 is 10.1 Å². The number of hydrogen-bond donors (Lipinski definition) is 2. The molecule has 2 aromatic heterocycles. The van der Waals surface area contributed by atoms with Gasteiger partial charge in [0.25, 0.3) is 0 Å². The van der Waals surface area contributed by atoms with E-state index in [0.29, 0.717) is 18.1 Å². The van der Waals surface area contributed by atoms with Crippen LogP contribution in [0.25, 0.3) is 11.4 Å². The number of anilines is 3. The number of amides is 1. The van der Waals surface area contributed by atoms with Gasteiger partial charge in [-0.05, 0) is 57.2 Å². The van der Waals surface area contributed by atoms with Crippen LogP contribution >= 0.6 is 0 Å². The zero-order chi connectivity index (χ0) is 19.2. The van der Waals surface area contributed by atoms with Crippen LogP contribution in [0.15, 0.2) is 48.8 Å². The Morgan fingerprint density at radius 3 is 2.33 bits per heavy atom. The summed E-state index contributed by atoms with van der Waals surface area (Å²) in [7, 11) is 0. The normalized spacial score (nSPS) is 10.3. The van der Waals surface area contributed by atoms with Crippen LogP contribution in [0.5, 0.6) is 0 Å². The van der Waals surface area contributed by atoms with Gasteiger partial charge in [0.1, 0.15) is 5.82 Å². The highest BCUT2D eigenvalue weighted by Gasteiger charge is 2.10. The number of nitrogens with zero attached hydrogens (tertiary/aromatic N) is 3. The van der Waals surface area contributed by atoms with Crippen molar-refractivity contribution in [3.05, 3.63) is 60.0 Å². The standard InChI is InChI=1S/C20H21N5O2/c1-4-27-20(26)24-17-7-5-16(6-8-17)23-18-13(2)14(3)22-19(25-18)15-9-11-21-12-10-15/h5-12H,4H2,1-3H3,(H,24,26)(H,22,23,25). The van der Waals surface area contributed by atoms with Crippen molar-refractivity contribution in [3.63, 3.8) is 0 Å². The highest BCUT2D eigenvalue weighted by atomic mass is 16.5. The molecule has 0 unspecified atom stereocenters. The van der Waals surface area contributed by atoms with E-state index in [9.17, 15) is 4.79 Å². The molecular weight excluding hydrogens is 342 g/mol. The Bertz CT molecular complexity index is 927. The van der Waals surface area contributed by atoms with E-state index in [-0.39, 0.29) is 0 Å². The summed E-state index contributed by atoms with van der Waals surface area (Å²) in [4.78, 5) is 24.7. The molecular formula is C20H21N5O2. The Labute approximate surface area is 157 Å². The number of ether oxygens (including phenoxy) is 1. The van der Waals surface area contributed by atoms with E-state index in [1.165, 1.54) is 0 Å². The van der Waals surface area contributed by atoms with Crippen LogP contribution in [0.3, 0.4) is 0 Å². The van der Waals surface area contributed by atoms with E-state index >= 15 is 0 Å². The molecule has 3 aromatic rings. The second-order valence-corrected chi connectivity index (χ2v) is 5.89. The Morgan fingerprint density at radius 1 is 1.00 bits per heavy atom. The lowest BCUT2D eigenvalue weighted by molar-refractivity contribution is 0.168. The van der Waals surface area contributed by atoms with E-state index in [1.807, 2.05) is 38.1 Å². The minimum absolute atomic E-state index is 0.331. The Balaban J connectivity index is 1.81. The summed E-state index contributed by atoms with van der Waals surface area (Å²) in [6, 6.07) is 11.1. The largest absolute Gasteiger partial charge is 0.450 e. The number of rotatable bonds is 5. The molecule has 7 nitrogen and oxygen atoms in total. The van der Waals surface area contributed by atoms with Gasteiger partial charge in [-0.15, -0.1) is 0 Å². The summed E-state index contributed by atoms with van der Waals surface area (Å²) < 4.78 is 4.87. The minimum atomic E-state index is -0.470. The average molecular weight is 363 g/mol. The van der Waals surface area contributed by atoms with Crippen molar-refractivity contribution in [1.82, 2.24) is 15.0 Å². The summed E-state index contributed by atoms with van der Waals surface area (Å²) in [6.07, 6.45) is 2.97.